The molecule has 0 aromatic heterocycles. The first-order valence-corrected chi connectivity index (χ1v) is 13.8. The van der Waals surface area contributed by atoms with E-state index in [9.17, 15) is 9.18 Å². The molecule has 0 unspecified atom stereocenters. The summed E-state index contributed by atoms with van der Waals surface area (Å²) in [6, 6.07) is 20.4. The van der Waals surface area contributed by atoms with Crippen molar-refractivity contribution in [3.63, 3.8) is 0 Å². The largest absolute Gasteiger partial charge is 0.423 e. The minimum Gasteiger partial charge on any atom is -0.423 e. The van der Waals surface area contributed by atoms with Crippen molar-refractivity contribution in [1.29, 1.82) is 0 Å². The van der Waals surface area contributed by atoms with Gasteiger partial charge in [0.15, 0.2) is 0 Å². The maximum Gasteiger partial charge on any atom is 0.343 e. The predicted octanol–water partition coefficient (Wildman–Crippen LogP) is 9.74. The third-order valence-electron chi connectivity index (χ3n) is 6.76. The molecule has 0 N–H and O–H groups in total. The summed E-state index contributed by atoms with van der Waals surface area (Å²) in [5.74, 6) is -0.00134. The lowest BCUT2D eigenvalue weighted by Crippen LogP contribution is -2.08. The maximum absolute atomic E-state index is 14.7. The number of unbranched alkanes of at least 4 members (excludes halogenated alkanes) is 8. The Labute approximate surface area is 216 Å². The first kappa shape index (κ1) is 27.6. The van der Waals surface area contributed by atoms with Gasteiger partial charge in [-0.15, -0.1) is 0 Å². The van der Waals surface area contributed by atoms with Gasteiger partial charge < -0.3 is 4.74 Å². The van der Waals surface area contributed by atoms with E-state index in [1.807, 2.05) is 48.5 Å². The van der Waals surface area contributed by atoms with Crippen molar-refractivity contribution in [3.05, 3.63) is 89.2 Å². The molecule has 3 aromatic rings. The lowest BCUT2D eigenvalue weighted by molar-refractivity contribution is 0.0734. The number of rotatable bonds is 15. The Morgan fingerprint density at radius 1 is 0.667 bits per heavy atom. The second-order valence-electron chi connectivity index (χ2n) is 9.75. The molecule has 3 rings (SSSR count). The third-order valence-corrected chi connectivity index (χ3v) is 6.76. The summed E-state index contributed by atoms with van der Waals surface area (Å²) in [7, 11) is 0. The zero-order valence-electron chi connectivity index (χ0n) is 22.0. The molecule has 0 aliphatic heterocycles. The first-order valence-electron chi connectivity index (χ1n) is 13.8. The Balaban J connectivity index is 1.50. The highest BCUT2D eigenvalue weighted by molar-refractivity contribution is 5.91. The Bertz CT molecular complexity index is 1050. The Morgan fingerprint density at radius 2 is 1.25 bits per heavy atom. The number of carbonyl (C=O) groups excluding carboxylic acids is 1. The van der Waals surface area contributed by atoms with Gasteiger partial charge in [0, 0.05) is 0 Å². The number of hydrogen-bond donors (Lipinski definition) is 0. The maximum atomic E-state index is 14.7. The topological polar surface area (TPSA) is 26.3 Å². The van der Waals surface area contributed by atoms with Gasteiger partial charge in [-0.1, -0.05) is 102 Å². The quantitative estimate of drug-likeness (QED) is 0.121. The fourth-order valence-corrected chi connectivity index (χ4v) is 4.47. The summed E-state index contributed by atoms with van der Waals surface area (Å²) < 4.78 is 20.2. The molecule has 0 heterocycles. The molecule has 0 bridgehead atoms. The fraction of sp³-hybridized carbons (Fsp3) is 0.424. The molecule has 0 saturated heterocycles. The second kappa shape index (κ2) is 15.2. The zero-order valence-corrected chi connectivity index (χ0v) is 22.0. The number of carbonyl (C=O) groups is 1. The van der Waals surface area contributed by atoms with E-state index in [2.05, 4.69) is 13.8 Å². The van der Waals surface area contributed by atoms with Gasteiger partial charge in [0.2, 0.25) is 0 Å². The van der Waals surface area contributed by atoms with Crippen LogP contribution in [0.2, 0.25) is 0 Å². The predicted molar refractivity (Wildman–Crippen MR) is 148 cm³/mol. The molecule has 0 radical (unpaired) electrons. The van der Waals surface area contributed by atoms with Crippen LogP contribution < -0.4 is 4.74 Å². The van der Waals surface area contributed by atoms with Crippen LogP contribution >= 0.6 is 0 Å². The summed E-state index contributed by atoms with van der Waals surface area (Å²) in [5.41, 5.74) is 4.21. The van der Waals surface area contributed by atoms with Crippen molar-refractivity contribution in [1.82, 2.24) is 0 Å². The van der Waals surface area contributed by atoms with Crippen molar-refractivity contribution in [2.75, 3.05) is 0 Å². The smallest absolute Gasteiger partial charge is 0.343 e. The van der Waals surface area contributed by atoms with E-state index in [1.54, 1.807) is 18.2 Å². The Hall–Kier alpha value is -2.94. The molecule has 2 nitrogen and oxygen atoms in total. The van der Waals surface area contributed by atoms with Gasteiger partial charge in [0.1, 0.15) is 11.6 Å². The van der Waals surface area contributed by atoms with Crippen LogP contribution in [0.15, 0.2) is 66.7 Å². The molecule has 192 valence electrons. The van der Waals surface area contributed by atoms with E-state index in [4.69, 9.17) is 4.74 Å². The number of ether oxygens (including phenoxy) is 1. The summed E-state index contributed by atoms with van der Waals surface area (Å²) in [6.45, 7) is 4.42. The van der Waals surface area contributed by atoms with Crippen LogP contribution in [0.4, 0.5) is 4.39 Å². The summed E-state index contributed by atoms with van der Waals surface area (Å²) in [5, 5.41) is 0. The summed E-state index contributed by atoms with van der Waals surface area (Å²) >= 11 is 0. The van der Waals surface area contributed by atoms with Crippen molar-refractivity contribution in [3.8, 4) is 16.9 Å². The van der Waals surface area contributed by atoms with Crippen LogP contribution in [0.1, 0.15) is 99.5 Å². The first-order chi connectivity index (χ1) is 17.6. The van der Waals surface area contributed by atoms with E-state index in [1.165, 1.54) is 56.9 Å². The van der Waals surface area contributed by atoms with Gasteiger partial charge in [0.05, 0.1) is 5.56 Å². The van der Waals surface area contributed by atoms with Crippen LogP contribution in [0.25, 0.3) is 11.1 Å². The molecule has 36 heavy (non-hydrogen) atoms. The molecule has 0 saturated carbocycles. The number of hydrogen-bond acceptors (Lipinski definition) is 2. The number of benzene rings is 3. The molecule has 0 fully saturated rings. The van der Waals surface area contributed by atoms with Crippen molar-refractivity contribution < 1.29 is 13.9 Å². The average Bonchev–Trinajstić information content (AvgIpc) is 2.90. The fourth-order valence-electron chi connectivity index (χ4n) is 4.47. The van der Waals surface area contributed by atoms with Crippen LogP contribution in [-0.4, -0.2) is 5.97 Å². The monoisotopic (exact) mass is 488 g/mol. The normalized spacial score (nSPS) is 11.0. The van der Waals surface area contributed by atoms with E-state index in [0.717, 1.165) is 42.4 Å². The van der Waals surface area contributed by atoms with Gasteiger partial charge in [-0.05, 0) is 78.3 Å². The average molecular weight is 489 g/mol. The molecule has 0 aliphatic rings. The van der Waals surface area contributed by atoms with E-state index in [-0.39, 0.29) is 5.82 Å². The minimum absolute atomic E-state index is 0.153. The van der Waals surface area contributed by atoms with E-state index >= 15 is 0 Å². The van der Waals surface area contributed by atoms with Gasteiger partial charge in [-0.25, -0.2) is 9.18 Å². The van der Waals surface area contributed by atoms with Gasteiger partial charge in [-0.3, -0.25) is 0 Å². The lowest BCUT2D eigenvalue weighted by atomic mass is 9.99. The number of esters is 1. The standard InChI is InChI=1S/C33H41FO2/c1-3-5-7-8-9-10-12-14-28-19-22-30(25-32(28)34)27-17-20-29(21-18-27)33(35)36-31-23-15-26(16-24-31)13-11-6-4-2/h15-25H,3-14H2,1-2H3. The SMILES string of the molecule is CCCCCCCCCc1ccc(-c2ccc(C(=O)Oc3ccc(CCCCC)cc3)cc2)cc1F. The lowest BCUT2D eigenvalue weighted by Gasteiger charge is -2.09. The van der Waals surface area contributed by atoms with Crippen molar-refractivity contribution >= 4 is 5.97 Å². The Kier molecular flexibility index (Phi) is 11.7. The van der Waals surface area contributed by atoms with E-state index < -0.39 is 5.97 Å². The molecule has 0 atom stereocenters. The van der Waals surface area contributed by atoms with Gasteiger partial charge >= 0.3 is 5.97 Å². The van der Waals surface area contributed by atoms with Crippen LogP contribution in [-0.2, 0) is 12.8 Å². The molecule has 3 heteroatoms. The van der Waals surface area contributed by atoms with E-state index in [0.29, 0.717) is 11.3 Å². The highest BCUT2D eigenvalue weighted by atomic mass is 19.1. The van der Waals surface area contributed by atoms with Gasteiger partial charge in [0.25, 0.3) is 0 Å². The van der Waals surface area contributed by atoms with Crippen molar-refractivity contribution in [2.24, 2.45) is 0 Å². The molecule has 0 spiro atoms. The summed E-state index contributed by atoms with van der Waals surface area (Å²) in [6.07, 6.45) is 14.0. The zero-order chi connectivity index (χ0) is 25.6. The Morgan fingerprint density at radius 3 is 1.92 bits per heavy atom. The van der Waals surface area contributed by atoms with Gasteiger partial charge in [-0.2, -0.15) is 0 Å². The second-order valence-corrected chi connectivity index (χ2v) is 9.75. The number of aryl methyl sites for hydroxylation is 2. The number of halogens is 1. The minimum atomic E-state index is -0.392. The molecule has 0 aliphatic carbocycles. The highest BCUT2D eigenvalue weighted by Crippen LogP contribution is 2.24. The van der Waals surface area contributed by atoms with Crippen molar-refractivity contribution in [2.45, 2.75) is 90.9 Å². The molecular weight excluding hydrogens is 447 g/mol. The van der Waals surface area contributed by atoms with Crippen LogP contribution in [0.3, 0.4) is 0 Å². The summed E-state index contributed by atoms with van der Waals surface area (Å²) in [4.78, 5) is 12.6. The molecule has 3 aromatic carbocycles. The van der Waals surface area contributed by atoms with Crippen LogP contribution in [0, 0.1) is 5.82 Å². The highest BCUT2D eigenvalue weighted by Gasteiger charge is 2.10. The third kappa shape index (κ3) is 8.93. The van der Waals surface area contributed by atoms with Crippen LogP contribution in [0.5, 0.6) is 5.75 Å². The molecular formula is C33H41FO2. The molecule has 0 amide bonds.